The summed E-state index contributed by atoms with van der Waals surface area (Å²) in [6, 6.07) is 3.90. The van der Waals surface area contributed by atoms with E-state index in [1.165, 1.54) is 0 Å². The second-order valence-electron chi connectivity index (χ2n) is 3.44. The normalized spacial score (nSPS) is 10.5. The van der Waals surface area contributed by atoms with E-state index in [1.807, 2.05) is 19.1 Å². The molecule has 0 atom stereocenters. The van der Waals surface area contributed by atoms with Gasteiger partial charge in [-0.15, -0.1) is 0 Å². The standard InChI is InChI=1S/C12H12BrNO2/c1-7-8-4-11(15-2)12(16-3)5-9(8)10(13)6-14-7/h4-6H,1-3H3. The SMILES string of the molecule is COc1cc2c(Br)cnc(C)c2cc1OC. The minimum Gasteiger partial charge on any atom is -0.493 e. The summed E-state index contributed by atoms with van der Waals surface area (Å²) in [7, 11) is 3.26. The summed E-state index contributed by atoms with van der Waals surface area (Å²) < 4.78 is 11.5. The van der Waals surface area contributed by atoms with Crippen LogP contribution < -0.4 is 9.47 Å². The zero-order valence-electron chi connectivity index (χ0n) is 9.37. The van der Waals surface area contributed by atoms with E-state index in [0.29, 0.717) is 0 Å². The Balaban J connectivity index is 2.82. The maximum absolute atomic E-state index is 5.27. The number of halogens is 1. The van der Waals surface area contributed by atoms with Gasteiger partial charge in [-0.25, -0.2) is 0 Å². The van der Waals surface area contributed by atoms with E-state index in [-0.39, 0.29) is 0 Å². The predicted octanol–water partition coefficient (Wildman–Crippen LogP) is 3.32. The third-order valence-electron chi connectivity index (χ3n) is 2.54. The molecule has 0 unspecified atom stereocenters. The zero-order chi connectivity index (χ0) is 11.7. The monoisotopic (exact) mass is 281 g/mol. The molecular formula is C12H12BrNO2. The van der Waals surface area contributed by atoms with Crippen molar-refractivity contribution in [1.29, 1.82) is 0 Å². The molecule has 0 aliphatic heterocycles. The van der Waals surface area contributed by atoms with Crippen LogP contribution in [0.5, 0.6) is 11.5 Å². The molecule has 4 heteroatoms. The molecule has 1 aromatic carbocycles. The fraction of sp³-hybridized carbons (Fsp3) is 0.250. The van der Waals surface area contributed by atoms with Crippen LogP contribution in [0, 0.1) is 6.92 Å². The van der Waals surface area contributed by atoms with Crippen LogP contribution in [0.15, 0.2) is 22.8 Å². The summed E-state index contributed by atoms with van der Waals surface area (Å²) in [5, 5.41) is 2.14. The Bertz CT molecular complexity index is 492. The van der Waals surface area contributed by atoms with Gasteiger partial charge in [-0.05, 0) is 35.0 Å². The van der Waals surface area contributed by atoms with Gasteiger partial charge in [0.1, 0.15) is 0 Å². The van der Waals surface area contributed by atoms with Crippen LogP contribution in [-0.2, 0) is 0 Å². The molecule has 1 heterocycles. The summed E-state index contributed by atoms with van der Waals surface area (Å²) in [4.78, 5) is 4.29. The van der Waals surface area contributed by atoms with E-state index in [0.717, 1.165) is 32.4 Å². The second-order valence-corrected chi connectivity index (χ2v) is 4.30. The van der Waals surface area contributed by atoms with Crippen molar-refractivity contribution in [1.82, 2.24) is 4.98 Å². The van der Waals surface area contributed by atoms with Gasteiger partial charge in [0, 0.05) is 27.1 Å². The number of methoxy groups -OCH3 is 2. The van der Waals surface area contributed by atoms with Crippen LogP contribution in [0.2, 0.25) is 0 Å². The molecule has 0 spiro atoms. The summed E-state index contributed by atoms with van der Waals surface area (Å²) in [5.74, 6) is 1.44. The fourth-order valence-electron chi connectivity index (χ4n) is 1.67. The first kappa shape index (κ1) is 11.2. The molecule has 0 amide bonds. The minimum absolute atomic E-state index is 0.720. The largest absolute Gasteiger partial charge is 0.493 e. The number of rotatable bonds is 2. The van der Waals surface area contributed by atoms with Crippen molar-refractivity contribution in [2.75, 3.05) is 14.2 Å². The van der Waals surface area contributed by atoms with Gasteiger partial charge in [-0.2, -0.15) is 0 Å². The van der Waals surface area contributed by atoms with E-state index in [1.54, 1.807) is 20.4 Å². The highest BCUT2D eigenvalue weighted by atomic mass is 79.9. The van der Waals surface area contributed by atoms with Crippen LogP contribution >= 0.6 is 15.9 Å². The second kappa shape index (κ2) is 4.29. The number of nitrogens with zero attached hydrogens (tertiary/aromatic N) is 1. The number of hydrogen-bond acceptors (Lipinski definition) is 3. The maximum Gasteiger partial charge on any atom is 0.161 e. The molecule has 0 fully saturated rings. The van der Waals surface area contributed by atoms with Gasteiger partial charge >= 0.3 is 0 Å². The first-order valence-corrected chi connectivity index (χ1v) is 5.63. The molecule has 84 valence electrons. The molecule has 0 saturated heterocycles. The molecule has 3 nitrogen and oxygen atoms in total. The lowest BCUT2D eigenvalue weighted by molar-refractivity contribution is 0.356. The van der Waals surface area contributed by atoms with Crippen LogP contribution in [-0.4, -0.2) is 19.2 Å². The topological polar surface area (TPSA) is 31.4 Å². The van der Waals surface area contributed by atoms with Gasteiger partial charge in [0.2, 0.25) is 0 Å². The van der Waals surface area contributed by atoms with Crippen molar-refractivity contribution in [3.63, 3.8) is 0 Å². The van der Waals surface area contributed by atoms with Gasteiger partial charge in [-0.3, -0.25) is 4.98 Å². The van der Waals surface area contributed by atoms with Crippen LogP contribution in [0.1, 0.15) is 5.69 Å². The van der Waals surface area contributed by atoms with Gasteiger partial charge in [0.15, 0.2) is 11.5 Å². The molecule has 0 aliphatic carbocycles. The van der Waals surface area contributed by atoms with Gasteiger partial charge in [0.25, 0.3) is 0 Å². The van der Waals surface area contributed by atoms with Crippen molar-refractivity contribution in [2.24, 2.45) is 0 Å². The van der Waals surface area contributed by atoms with Crippen LogP contribution in [0.4, 0.5) is 0 Å². The van der Waals surface area contributed by atoms with Crippen molar-refractivity contribution in [3.05, 3.63) is 28.5 Å². The van der Waals surface area contributed by atoms with Gasteiger partial charge in [-0.1, -0.05) is 0 Å². The Morgan fingerprint density at radius 1 is 1.06 bits per heavy atom. The average Bonchev–Trinajstić information content (AvgIpc) is 2.32. The predicted molar refractivity (Wildman–Crippen MR) is 67.3 cm³/mol. The van der Waals surface area contributed by atoms with E-state index < -0.39 is 0 Å². The van der Waals surface area contributed by atoms with E-state index in [2.05, 4.69) is 20.9 Å². The number of benzene rings is 1. The van der Waals surface area contributed by atoms with Gasteiger partial charge in [0.05, 0.1) is 14.2 Å². The van der Waals surface area contributed by atoms with Crippen molar-refractivity contribution in [2.45, 2.75) is 6.92 Å². The quantitative estimate of drug-likeness (QED) is 0.846. The number of aryl methyl sites for hydroxylation is 1. The first-order valence-electron chi connectivity index (χ1n) is 4.84. The molecule has 2 aromatic rings. The highest BCUT2D eigenvalue weighted by molar-refractivity contribution is 9.10. The van der Waals surface area contributed by atoms with Gasteiger partial charge < -0.3 is 9.47 Å². The molecule has 1 aromatic heterocycles. The van der Waals surface area contributed by atoms with Crippen molar-refractivity contribution in [3.8, 4) is 11.5 Å². The minimum atomic E-state index is 0.720. The van der Waals surface area contributed by atoms with Crippen molar-refractivity contribution >= 4 is 26.7 Å². The third kappa shape index (κ3) is 1.73. The Hall–Kier alpha value is -1.29. The lowest BCUT2D eigenvalue weighted by atomic mass is 10.1. The molecule has 0 N–H and O–H groups in total. The Morgan fingerprint density at radius 3 is 2.19 bits per heavy atom. The smallest absolute Gasteiger partial charge is 0.161 e. The number of ether oxygens (including phenoxy) is 2. The zero-order valence-corrected chi connectivity index (χ0v) is 11.0. The van der Waals surface area contributed by atoms with Crippen molar-refractivity contribution < 1.29 is 9.47 Å². The summed E-state index contributed by atoms with van der Waals surface area (Å²) >= 11 is 3.48. The number of hydrogen-bond donors (Lipinski definition) is 0. The summed E-state index contributed by atoms with van der Waals surface area (Å²) in [5.41, 5.74) is 0.971. The highest BCUT2D eigenvalue weighted by Crippen LogP contribution is 2.35. The fourth-order valence-corrected chi connectivity index (χ4v) is 2.10. The van der Waals surface area contributed by atoms with E-state index in [9.17, 15) is 0 Å². The summed E-state index contributed by atoms with van der Waals surface area (Å²) in [6.45, 7) is 1.97. The number of aromatic nitrogens is 1. The molecule has 0 radical (unpaired) electrons. The molecular weight excluding hydrogens is 270 g/mol. The molecule has 2 rings (SSSR count). The number of pyridine rings is 1. The Labute approximate surface area is 103 Å². The first-order chi connectivity index (χ1) is 7.67. The highest BCUT2D eigenvalue weighted by Gasteiger charge is 2.10. The number of fused-ring (bicyclic) bond motifs is 1. The molecule has 0 aliphatic rings. The van der Waals surface area contributed by atoms with Crippen LogP contribution in [0.3, 0.4) is 0 Å². The third-order valence-corrected chi connectivity index (χ3v) is 3.17. The lowest BCUT2D eigenvalue weighted by Gasteiger charge is -2.11. The maximum atomic E-state index is 5.27. The molecule has 16 heavy (non-hydrogen) atoms. The molecule has 0 bridgehead atoms. The van der Waals surface area contributed by atoms with Crippen LogP contribution in [0.25, 0.3) is 10.8 Å². The summed E-state index contributed by atoms with van der Waals surface area (Å²) in [6.07, 6.45) is 1.80. The Morgan fingerprint density at radius 2 is 1.62 bits per heavy atom. The molecule has 0 saturated carbocycles. The Kier molecular flexibility index (Phi) is 3.01. The lowest BCUT2D eigenvalue weighted by Crippen LogP contribution is -1.92. The van der Waals surface area contributed by atoms with E-state index >= 15 is 0 Å². The average molecular weight is 282 g/mol. The van der Waals surface area contributed by atoms with E-state index in [4.69, 9.17) is 9.47 Å².